The Hall–Kier alpha value is -2.09. The largest absolute Gasteiger partial charge is 0.344 e. The summed E-state index contributed by atoms with van der Waals surface area (Å²) in [5, 5.41) is 0. The lowest BCUT2D eigenvalue weighted by Gasteiger charge is -2.22. The first-order valence-corrected chi connectivity index (χ1v) is 5.98. The summed E-state index contributed by atoms with van der Waals surface area (Å²) >= 11 is 0. The van der Waals surface area contributed by atoms with E-state index in [2.05, 4.69) is 36.9 Å². The van der Waals surface area contributed by atoms with Crippen LogP contribution in [0.3, 0.4) is 0 Å². The lowest BCUT2D eigenvalue weighted by atomic mass is 10.1. The summed E-state index contributed by atoms with van der Waals surface area (Å²) in [7, 11) is 2.04. The fourth-order valence-electron chi connectivity index (χ4n) is 2.00. The first-order valence-electron chi connectivity index (χ1n) is 5.98. The van der Waals surface area contributed by atoms with Gasteiger partial charge >= 0.3 is 0 Å². The second-order valence-corrected chi connectivity index (χ2v) is 4.56. The Kier molecular flexibility index (Phi) is 3.47. The third-order valence-corrected chi connectivity index (χ3v) is 3.14. The van der Waals surface area contributed by atoms with E-state index in [1.54, 1.807) is 0 Å². The molecule has 0 aliphatic heterocycles. The van der Waals surface area contributed by atoms with Gasteiger partial charge in [-0.15, -0.1) is 0 Å². The molecule has 0 atom stereocenters. The minimum absolute atomic E-state index is 0.702. The number of benzene rings is 2. The van der Waals surface area contributed by atoms with E-state index < -0.39 is 0 Å². The standard InChI is InChI=1S/C16H17NO/c1-12-4-5-13(2)16(10-12)17(3)15-8-6-14(11-18)7-9-15/h4-11H,1-3H3. The van der Waals surface area contributed by atoms with Gasteiger partial charge in [-0.1, -0.05) is 12.1 Å². The van der Waals surface area contributed by atoms with Crippen LogP contribution >= 0.6 is 0 Å². The van der Waals surface area contributed by atoms with Crippen molar-refractivity contribution in [3.05, 3.63) is 59.2 Å². The molecule has 0 heterocycles. The van der Waals surface area contributed by atoms with Crippen molar-refractivity contribution >= 4 is 17.7 Å². The molecule has 0 N–H and O–H groups in total. The number of carbonyl (C=O) groups is 1. The highest BCUT2D eigenvalue weighted by atomic mass is 16.1. The number of nitrogens with zero attached hydrogens (tertiary/aromatic N) is 1. The molecule has 92 valence electrons. The van der Waals surface area contributed by atoms with Crippen LogP contribution in [0.4, 0.5) is 11.4 Å². The summed E-state index contributed by atoms with van der Waals surface area (Å²) in [5.41, 5.74) is 5.45. The molecule has 0 radical (unpaired) electrons. The molecule has 0 spiro atoms. The van der Waals surface area contributed by atoms with Crippen LogP contribution in [-0.4, -0.2) is 13.3 Å². The Bertz CT molecular complexity index is 558. The number of hydrogen-bond acceptors (Lipinski definition) is 2. The predicted octanol–water partition coefficient (Wildman–Crippen LogP) is 3.88. The van der Waals surface area contributed by atoms with Crippen molar-refractivity contribution in [1.29, 1.82) is 0 Å². The topological polar surface area (TPSA) is 20.3 Å². The van der Waals surface area contributed by atoms with Crippen LogP contribution in [0.1, 0.15) is 21.5 Å². The third-order valence-electron chi connectivity index (χ3n) is 3.14. The van der Waals surface area contributed by atoms with Crippen molar-refractivity contribution < 1.29 is 4.79 Å². The molecule has 0 amide bonds. The maximum atomic E-state index is 10.6. The van der Waals surface area contributed by atoms with E-state index in [1.807, 2.05) is 31.3 Å². The minimum Gasteiger partial charge on any atom is -0.344 e. The second kappa shape index (κ2) is 5.05. The van der Waals surface area contributed by atoms with Crippen molar-refractivity contribution in [2.75, 3.05) is 11.9 Å². The maximum absolute atomic E-state index is 10.6. The summed E-state index contributed by atoms with van der Waals surface area (Å²) in [4.78, 5) is 12.8. The van der Waals surface area contributed by atoms with Gasteiger partial charge in [-0.2, -0.15) is 0 Å². The van der Waals surface area contributed by atoms with Gasteiger partial charge in [0.05, 0.1) is 0 Å². The van der Waals surface area contributed by atoms with Crippen molar-refractivity contribution in [2.24, 2.45) is 0 Å². The molecule has 0 aliphatic rings. The number of carbonyl (C=O) groups excluding carboxylic acids is 1. The third kappa shape index (κ3) is 2.43. The molecule has 0 aliphatic carbocycles. The van der Waals surface area contributed by atoms with Crippen LogP contribution in [0, 0.1) is 13.8 Å². The van der Waals surface area contributed by atoms with Crippen molar-refractivity contribution in [3.8, 4) is 0 Å². The van der Waals surface area contributed by atoms with Crippen LogP contribution < -0.4 is 4.90 Å². The number of hydrogen-bond donors (Lipinski definition) is 0. The number of aldehydes is 1. The van der Waals surface area contributed by atoms with E-state index in [0.717, 1.165) is 12.0 Å². The zero-order valence-electron chi connectivity index (χ0n) is 11.0. The zero-order valence-corrected chi connectivity index (χ0v) is 11.0. The Morgan fingerprint density at radius 2 is 1.67 bits per heavy atom. The molecule has 0 unspecified atom stereocenters. The van der Waals surface area contributed by atoms with Gasteiger partial charge in [-0.05, 0) is 55.3 Å². The van der Waals surface area contributed by atoms with Gasteiger partial charge < -0.3 is 4.90 Å². The molecule has 2 aromatic rings. The molecule has 2 nitrogen and oxygen atoms in total. The van der Waals surface area contributed by atoms with Crippen LogP contribution in [0.15, 0.2) is 42.5 Å². The normalized spacial score (nSPS) is 10.2. The van der Waals surface area contributed by atoms with Gasteiger partial charge in [0.25, 0.3) is 0 Å². The summed E-state index contributed by atoms with van der Waals surface area (Å²) in [6.45, 7) is 4.19. The highest BCUT2D eigenvalue weighted by Gasteiger charge is 2.07. The van der Waals surface area contributed by atoms with Gasteiger partial charge in [0, 0.05) is 24.0 Å². The molecular formula is C16H17NO. The summed E-state index contributed by atoms with van der Waals surface area (Å²) in [6, 6.07) is 14.0. The van der Waals surface area contributed by atoms with Crippen molar-refractivity contribution in [1.82, 2.24) is 0 Å². The van der Waals surface area contributed by atoms with Gasteiger partial charge in [-0.25, -0.2) is 0 Å². The molecule has 18 heavy (non-hydrogen) atoms. The minimum atomic E-state index is 0.702. The van der Waals surface area contributed by atoms with Crippen LogP contribution in [0.2, 0.25) is 0 Å². The molecule has 2 heteroatoms. The second-order valence-electron chi connectivity index (χ2n) is 4.56. The first kappa shape index (κ1) is 12.4. The van der Waals surface area contributed by atoms with E-state index in [9.17, 15) is 4.79 Å². The lowest BCUT2D eigenvalue weighted by Crippen LogP contribution is -2.11. The number of anilines is 2. The van der Waals surface area contributed by atoms with E-state index in [0.29, 0.717) is 5.56 Å². The van der Waals surface area contributed by atoms with Gasteiger partial charge in [0.2, 0.25) is 0 Å². The molecule has 0 saturated carbocycles. The highest BCUT2D eigenvalue weighted by molar-refractivity contribution is 5.76. The summed E-state index contributed by atoms with van der Waals surface area (Å²) in [5.74, 6) is 0. The van der Waals surface area contributed by atoms with Crippen molar-refractivity contribution in [2.45, 2.75) is 13.8 Å². The Morgan fingerprint density at radius 1 is 1.00 bits per heavy atom. The monoisotopic (exact) mass is 239 g/mol. The van der Waals surface area contributed by atoms with E-state index in [-0.39, 0.29) is 0 Å². The lowest BCUT2D eigenvalue weighted by molar-refractivity contribution is 0.112. The van der Waals surface area contributed by atoms with Crippen LogP contribution in [0.25, 0.3) is 0 Å². The van der Waals surface area contributed by atoms with E-state index in [1.165, 1.54) is 16.8 Å². The number of rotatable bonds is 3. The van der Waals surface area contributed by atoms with Gasteiger partial charge in [-0.3, -0.25) is 4.79 Å². The highest BCUT2D eigenvalue weighted by Crippen LogP contribution is 2.27. The Labute approximate surface area is 108 Å². The quantitative estimate of drug-likeness (QED) is 0.757. The predicted molar refractivity (Wildman–Crippen MR) is 75.8 cm³/mol. The average Bonchev–Trinajstić information content (AvgIpc) is 2.41. The molecule has 0 aromatic heterocycles. The molecule has 0 fully saturated rings. The van der Waals surface area contributed by atoms with E-state index in [4.69, 9.17) is 0 Å². The zero-order chi connectivity index (χ0) is 13.1. The van der Waals surface area contributed by atoms with Crippen LogP contribution in [-0.2, 0) is 0 Å². The van der Waals surface area contributed by atoms with Gasteiger partial charge in [0.1, 0.15) is 6.29 Å². The van der Waals surface area contributed by atoms with Gasteiger partial charge in [0.15, 0.2) is 0 Å². The SMILES string of the molecule is Cc1ccc(C)c(N(C)c2ccc(C=O)cc2)c1. The maximum Gasteiger partial charge on any atom is 0.150 e. The van der Waals surface area contributed by atoms with Crippen molar-refractivity contribution in [3.63, 3.8) is 0 Å². The smallest absolute Gasteiger partial charge is 0.150 e. The first-order chi connectivity index (χ1) is 8.61. The molecule has 2 aromatic carbocycles. The molecule has 2 rings (SSSR count). The fourth-order valence-corrected chi connectivity index (χ4v) is 2.00. The Balaban J connectivity index is 2.37. The fraction of sp³-hybridized carbons (Fsp3) is 0.188. The number of aryl methyl sites for hydroxylation is 2. The molecular weight excluding hydrogens is 222 g/mol. The summed E-state index contributed by atoms with van der Waals surface area (Å²) < 4.78 is 0. The molecule has 0 bridgehead atoms. The Morgan fingerprint density at radius 3 is 2.28 bits per heavy atom. The van der Waals surface area contributed by atoms with E-state index >= 15 is 0 Å². The van der Waals surface area contributed by atoms with Crippen LogP contribution in [0.5, 0.6) is 0 Å². The average molecular weight is 239 g/mol. The summed E-state index contributed by atoms with van der Waals surface area (Å²) in [6.07, 6.45) is 0.863. The molecule has 0 saturated heterocycles.